The molecule has 1 fully saturated rings. The summed E-state index contributed by atoms with van der Waals surface area (Å²) in [4.78, 5) is 38.1. The number of sulfonamides is 2. The molecule has 2 aliphatic rings. The van der Waals surface area contributed by atoms with Crippen molar-refractivity contribution in [1.82, 2.24) is 28.8 Å². The number of hydrogen-bond acceptors (Lipinski definition) is 9. The highest BCUT2D eigenvalue weighted by molar-refractivity contribution is 7.89. The fourth-order valence-electron chi connectivity index (χ4n) is 4.84. The number of benzene rings is 1. The summed E-state index contributed by atoms with van der Waals surface area (Å²) < 4.78 is 53.5. The van der Waals surface area contributed by atoms with Crippen molar-refractivity contribution in [2.75, 3.05) is 39.5 Å². The Bertz CT molecular complexity index is 1670. The fourth-order valence-corrected chi connectivity index (χ4v) is 8.15. The number of carbonyl (C=O) groups is 2. The number of thiazole rings is 1. The molecule has 12 nitrogen and oxygen atoms in total. The number of H-pyrrole nitrogens is 1. The Balaban J connectivity index is 1.42. The quantitative estimate of drug-likeness (QED) is 0.421. The summed E-state index contributed by atoms with van der Waals surface area (Å²) >= 11 is 7.33. The molecule has 0 radical (unpaired) electrons. The summed E-state index contributed by atoms with van der Waals surface area (Å²) in [5, 5.41) is 1.31. The molecule has 1 atom stereocenters. The summed E-state index contributed by atoms with van der Waals surface area (Å²) in [6.45, 7) is 1.31. The Morgan fingerprint density at radius 2 is 1.95 bits per heavy atom. The summed E-state index contributed by atoms with van der Waals surface area (Å²) in [6, 6.07) is 5.54. The van der Waals surface area contributed by atoms with Crippen LogP contribution in [-0.2, 0) is 37.8 Å². The van der Waals surface area contributed by atoms with E-state index in [0.717, 1.165) is 29.8 Å². The number of hydrogen-bond donors (Lipinski definition) is 2. The molecule has 2 aromatic heterocycles. The van der Waals surface area contributed by atoms with Crippen molar-refractivity contribution in [3.63, 3.8) is 0 Å². The monoisotopic (exact) mass is 614 g/mol. The van der Waals surface area contributed by atoms with E-state index in [-0.39, 0.29) is 29.7 Å². The molecule has 1 saturated heterocycles. The first kappa shape index (κ1) is 28.0. The maximum Gasteiger partial charge on any atom is 0.283 e. The van der Waals surface area contributed by atoms with Gasteiger partial charge in [-0.2, -0.15) is 4.31 Å². The van der Waals surface area contributed by atoms with Crippen LogP contribution in [0, 0.1) is 0 Å². The summed E-state index contributed by atoms with van der Waals surface area (Å²) in [6.07, 6.45) is 1.17. The van der Waals surface area contributed by atoms with Crippen LogP contribution in [0.2, 0.25) is 5.02 Å². The van der Waals surface area contributed by atoms with Gasteiger partial charge in [-0.3, -0.25) is 14.3 Å². The molecule has 3 aromatic rings. The molecule has 1 unspecified atom stereocenters. The van der Waals surface area contributed by atoms with Gasteiger partial charge in [-0.15, -0.1) is 11.3 Å². The van der Waals surface area contributed by atoms with Gasteiger partial charge in [0.1, 0.15) is 5.03 Å². The summed E-state index contributed by atoms with van der Waals surface area (Å²) in [5.74, 6) is -1.24. The van der Waals surface area contributed by atoms with Crippen molar-refractivity contribution in [2.24, 2.45) is 0 Å². The largest absolute Gasteiger partial charge is 0.345 e. The number of likely N-dealkylation sites (N-methyl/N-ethyl adjacent to an activating group) is 1. The van der Waals surface area contributed by atoms with Crippen LogP contribution in [0.25, 0.3) is 10.9 Å². The maximum absolute atomic E-state index is 13.6. The van der Waals surface area contributed by atoms with E-state index in [0.29, 0.717) is 22.5 Å². The van der Waals surface area contributed by atoms with Crippen molar-refractivity contribution >= 4 is 65.7 Å². The van der Waals surface area contributed by atoms with Crippen LogP contribution in [0.1, 0.15) is 26.8 Å². The van der Waals surface area contributed by atoms with Gasteiger partial charge in [0.25, 0.3) is 15.9 Å². The van der Waals surface area contributed by atoms with E-state index in [1.807, 2.05) is 11.8 Å². The third-order valence-corrected chi connectivity index (χ3v) is 10.4. The molecule has 16 heteroatoms. The molecule has 5 rings (SSSR count). The zero-order chi connectivity index (χ0) is 28.1. The van der Waals surface area contributed by atoms with Gasteiger partial charge >= 0.3 is 0 Å². The highest BCUT2D eigenvalue weighted by Gasteiger charge is 2.39. The molecule has 0 aliphatic carbocycles. The average Bonchev–Trinajstić information content (AvgIpc) is 3.46. The van der Waals surface area contributed by atoms with E-state index in [9.17, 15) is 26.4 Å². The lowest BCUT2D eigenvalue weighted by atomic mass is 10.1. The number of rotatable bonds is 6. The molecule has 0 spiro atoms. The first-order valence-corrected chi connectivity index (χ1v) is 16.6. The lowest BCUT2D eigenvalue weighted by molar-refractivity contribution is -0.120. The Labute approximate surface area is 235 Å². The predicted octanol–water partition coefficient (Wildman–Crippen LogP) is 1.25. The molecule has 39 heavy (non-hydrogen) atoms. The van der Waals surface area contributed by atoms with Crippen molar-refractivity contribution in [3.8, 4) is 0 Å². The second-order valence-electron chi connectivity index (χ2n) is 9.76. The minimum absolute atomic E-state index is 0.00505. The molecule has 2 amide bonds. The van der Waals surface area contributed by atoms with Crippen LogP contribution in [0.15, 0.2) is 29.3 Å². The Kier molecular flexibility index (Phi) is 7.50. The maximum atomic E-state index is 13.6. The Morgan fingerprint density at radius 3 is 2.69 bits per heavy atom. The van der Waals surface area contributed by atoms with Crippen molar-refractivity contribution in [1.29, 1.82) is 0 Å². The number of amides is 2. The van der Waals surface area contributed by atoms with Gasteiger partial charge in [0, 0.05) is 66.4 Å². The van der Waals surface area contributed by atoms with E-state index in [2.05, 4.69) is 14.9 Å². The van der Waals surface area contributed by atoms with Gasteiger partial charge in [0.05, 0.1) is 18.0 Å². The number of carbonyl (C=O) groups excluding carboxylic acids is 2. The second kappa shape index (κ2) is 10.4. The third kappa shape index (κ3) is 5.98. The molecule has 2 aliphatic heterocycles. The zero-order valence-electron chi connectivity index (χ0n) is 21.2. The number of halogens is 1. The average molecular weight is 615 g/mol. The van der Waals surface area contributed by atoms with Crippen molar-refractivity contribution < 1.29 is 26.4 Å². The van der Waals surface area contributed by atoms with Crippen molar-refractivity contribution in [3.05, 3.63) is 44.9 Å². The fraction of sp³-hybridized carbons (Fsp3) is 0.435. The van der Waals surface area contributed by atoms with Crippen LogP contribution in [-0.4, -0.2) is 98.2 Å². The molecule has 4 heterocycles. The molecular weight excluding hydrogens is 588 g/mol. The number of nitrogens with one attached hydrogen (secondary N) is 2. The van der Waals surface area contributed by atoms with E-state index in [4.69, 9.17) is 11.6 Å². The minimum Gasteiger partial charge on any atom is -0.345 e. The predicted molar refractivity (Wildman–Crippen MR) is 147 cm³/mol. The normalized spacial score (nSPS) is 19.3. The van der Waals surface area contributed by atoms with E-state index in [1.54, 1.807) is 18.2 Å². The standard InChI is InChI=1S/C23H27ClN6O6S3/c1-28-6-5-18-19(13-28)37-22(26-18)23(32)30-8-7-29(12-16(30)11-20(31)27-38(2,33)34)39(35,36)21-10-14-9-15(24)3-4-17(14)25-21/h3-4,9-10,16,25H,5-8,11-13H2,1-2H3,(H,27,31). The molecular formula is C23H27ClN6O6S3. The molecule has 0 saturated carbocycles. The lowest BCUT2D eigenvalue weighted by Gasteiger charge is -2.40. The number of aromatic amines is 1. The first-order valence-electron chi connectivity index (χ1n) is 12.1. The minimum atomic E-state index is -4.03. The van der Waals surface area contributed by atoms with Crippen molar-refractivity contribution in [2.45, 2.75) is 30.5 Å². The number of aromatic nitrogens is 2. The SMILES string of the molecule is CN1CCc2nc(C(=O)N3CCN(S(=O)(=O)c4cc5cc(Cl)ccc5[nH]4)CC3CC(=O)NS(C)(=O)=O)sc2C1. The highest BCUT2D eigenvalue weighted by Crippen LogP contribution is 2.29. The third-order valence-electron chi connectivity index (χ3n) is 6.71. The number of fused-ring (bicyclic) bond motifs is 2. The molecule has 210 valence electrons. The van der Waals surface area contributed by atoms with Gasteiger partial charge in [0.15, 0.2) is 5.01 Å². The second-order valence-corrected chi connectivity index (χ2v) is 14.9. The van der Waals surface area contributed by atoms with Crippen LogP contribution in [0.3, 0.4) is 0 Å². The van der Waals surface area contributed by atoms with Crippen LogP contribution >= 0.6 is 22.9 Å². The summed E-state index contributed by atoms with van der Waals surface area (Å²) in [5.41, 5.74) is 1.46. The van der Waals surface area contributed by atoms with E-state index >= 15 is 0 Å². The smallest absolute Gasteiger partial charge is 0.283 e. The Morgan fingerprint density at radius 1 is 1.18 bits per heavy atom. The van der Waals surface area contributed by atoms with Gasteiger partial charge in [-0.05, 0) is 31.3 Å². The van der Waals surface area contributed by atoms with Gasteiger partial charge < -0.3 is 14.8 Å². The summed E-state index contributed by atoms with van der Waals surface area (Å²) in [7, 11) is -5.89. The molecule has 2 N–H and O–H groups in total. The van der Waals surface area contributed by atoms with Gasteiger partial charge in [0.2, 0.25) is 15.9 Å². The zero-order valence-corrected chi connectivity index (χ0v) is 24.4. The van der Waals surface area contributed by atoms with Gasteiger partial charge in [-0.1, -0.05) is 11.6 Å². The van der Waals surface area contributed by atoms with Crippen LogP contribution in [0.5, 0.6) is 0 Å². The van der Waals surface area contributed by atoms with Gasteiger partial charge in [-0.25, -0.2) is 21.8 Å². The number of nitrogens with zero attached hydrogens (tertiary/aromatic N) is 4. The Hall–Kier alpha value is -2.56. The molecule has 1 aromatic carbocycles. The number of piperazine rings is 1. The molecule has 0 bridgehead atoms. The van der Waals surface area contributed by atoms with E-state index in [1.165, 1.54) is 26.6 Å². The van der Waals surface area contributed by atoms with E-state index < -0.39 is 44.3 Å². The topological polar surface area (TPSA) is 153 Å². The lowest BCUT2D eigenvalue weighted by Crippen LogP contribution is -2.57. The highest BCUT2D eigenvalue weighted by atomic mass is 35.5. The van der Waals surface area contributed by atoms with Crippen LogP contribution in [0.4, 0.5) is 0 Å². The van der Waals surface area contributed by atoms with Crippen LogP contribution < -0.4 is 4.72 Å². The first-order chi connectivity index (χ1) is 18.3.